The number of aliphatic hydroxyl groups is 2. The molecule has 0 radical (unpaired) electrons. The van der Waals surface area contributed by atoms with Crippen LogP contribution in [0, 0.1) is 0 Å². The molecule has 0 aromatic rings. The zero-order valence-electron chi connectivity index (χ0n) is 8.48. The third kappa shape index (κ3) is 3.64. The van der Waals surface area contributed by atoms with Crippen molar-refractivity contribution in [3.8, 4) is 0 Å². The van der Waals surface area contributed by atoms with Gasteiger partial charge < -0.3 is 15.1 Å². The van der Waals surface area contributed by atoms with Crippen LogP contribution in [0.2, 0.25) is 0 Å². The number of unbranched alkanes of at least 4 members (excludes halogenated alkanes) is 1. The average Bonchev–Trinajstić information content (AvgIpc) is 2.98. The molecule has 1 fully saturated rings. The fraction of sp³-hybridized carbons (Fsp3) is 0.900. The lowest BCUT2D eigenvalue weighted by atomic mass is 10.2. The molecule has 0 unspecified atom stereocenters. The van der Waals surface area contributed by atoms with Crippen molar-refractivity contribution < 1.29 is 15.0 Å². The highest BCUT2D eigenvalue weighted by molar-refractivity contribution is 5.76. The highest BCUT2D eigenvalue weighted by Crippen LogP contribution is 2.27. The Morgan fingerprint density at radius 2 is 1.93 bits per heavy atom. The number of nitrogens with zero attached hydrogens (tertiary/aromatic N) is 1. The third-order valence-electron chi connectivity index (χ3n) is 2.45. The summed E-state index contributed by atoms with van der Waals surface area (Å²) in [6.45, 7) is 0.654. The van der Waals surface area contributed by atoms with Gasteiger partial charge in [0.2, 0.25) is 5.91 Å². The van der Waals surface area contributed by atoms with Crippen molar-refractivity contribution in [1.82, 2.24) is 4.90 Å². The molecule has 0 heterocycles. The molecule has 0 bridgehead atoms. The molecule has 0 aromatic carbocycles. The average molecular weight is 201 g/mol. The lowest BCUT2D eigenvalue weighted by molar-refractivity contribution is -0.132. The Morgan fingerprint density at radius 1 is 1.21 bits per heavy atom. The molecule has 4 heteroatoms. The smallest absolute Gasteiger partial charge is 0.222 e. The molecule has 0 aliphatic heterocycles. The molecule has 0 aromatic heterocycles. The van der Waals surface area contributed by atoms with Crippen LogP contribution in [0.3, 0.4) is 0 Å². The number of rotatable bonds is 7. The Kier molecular flexibility index (Phi) is 4.90. The van der Waals surface area contributed by atoms with Gasteiger partial charge in [-0.1, -0.05) is 0 Å². The highest BCUT2D eigenvalue weighted by Gasteiger charge is 2.31. The van der Waals surface area contributed by atoms with Gasteiger partial charge in [0.05, 0.1) is 6.61 Å². The van der Waals surface area contributed by atoms with Crippen molar-refractivity contribution >= 4 is 5.91 Å². The molecule has 1 aliphatic rings. The highest BCUT2D eigenvalue weighted by atomic mass is 16.3. The van der Waals surface area contributed by atoms with Crippen molar-refractivity contribution in [1.29, 1.82) is 0 Å². The van der Waals surface area contributed by atoms with Gasteiger partial charge in [0.15, 0.2) is 0 Å². The van der Waals surface area contributed by atoms with E-state index in [2.05, 4.69) is 0 Å². The van der Waals surface area contributed by atoms with Crippen LogP contribution in [0.1, 0.15) is 32.1 Å². The van der Waals surface area contributed by atoms with E-state index in [0.717, 1.165) is 19.3 Å². The van der Waals surface area contributed by atoms with Crippen LogP contribution in [-0.4, -0.2) is 46.8 Å². The van der Waals surface area contributed by atoms with Gasteiger partial charge in [-0.2, -0.15) is 0 Å². The number of amides is 1. The normalized spacial score (nSPS) is 15.6. The zero-order chi connectivity index (χ0) is 10.4. The number of hydrogen-bond acceptors (Lipinski definition) is 3. The molecular formula is C10H19NO3. The van der Waals surface area contributed by atoms with Gasteiger partial charge in [0.1, 0.15) is 0 Å². The van der Waals surface area contributed by atoms with Gasteiger partial charge in [0.25, 0.3) is 0 Å². The van der Waals surface area contributed by atoms with Crippen molar-refractivity contribution in [3.05, 3.63) is 0 Å². The molecule has 82 valence electrons. The predicted octanol–water partition coefficient (Wildman–Crippen LogP) is 0.132. The van der Waals surface area contributed by atoms with Gasteiger partial charge in [-0.05, 0) is 25.7 Å². The molecule has 0 spiro atoms. The first kappa shape index (κ1) is 11.5. The summed E-state index contributed by atoms with van der Waals surface area (Å²) in [6, 6.07) is 0.378. The summed E-state index contributed by atoms with van der Waals surface area (Å²) in [6.07, 6.45) is 4.07. The minimum absolute atomic E-state index is 0.0439. The lowest BCUT2D eigenvalue weighted by Crippen LogP contribution is -2.35. The van der Waals surface area contributed by atoms with Crippen LogP contribution in [0.5, 0.6) is 0 Å². The third-order valence-corrected chi connectivity index (χ3v) is 2.45. The Balaban J connectivity index is 2.23. The van der Waals surface area contributed by atoms with E-state index in [1.54, 1.807) is 4.90 Å². The zero-order valence-corrected chi connectivity index (χ0v) is 8.48. The summed E-state index contributed by atoms with van der Waals surface area (Å²) in [5.74, 6) is 0.120. The summed E-state index contributed by atoms with van der Waals surface area (Å²) in [7, 11) is 0. The quantitative estimate of drug-likeness (QED) is 0.576. The van der Waals surface area contributed by atoms with Crippen LogP contribution in [0.4, 0.5) is 0 Å². The number of aliphatic hydroxyl groups excluding tert-OH is 2. The molecule has 2 N–H and O–H groups in total. The molecule has 1 rings (SSSR count). The summed E-state index contributed by atoms with van der Waals surface area (Å²) in [4.78, 5) is 13.4. The molecule has 1 amide bonds. The van der Waals surface area contributed by atoms with Gasteiger partial charge in [0, 0.05) is 25.6 Å². The molecular weight excluding hydrogens is 182 g/mol. The van der Waals surface area contributed by atoms with E-state index < -0.39 is 0 Å². The fourth-order valence-electron chi connectivity index (χ4n) is 1.54. The van der Waals surface area contributed by atoms with Crippen LogP contribution in [-0.2, 0) is 4.79 Å². The van der Waals surface area contributed by atoms with E-state index in [1.807, 2.05) is 0 Å². The van der Waals surface area contributed by atoms with Crippen LogP contribution in [0.15, 0.2) is 0 Å². The molecule has 1 aliphatic carbocycles. The first-order valence-electron chi connectivity index (χ1n) is 5.30. The summed E-state index contributed by atoms with van der Waals surface area (Å²) < 4.78 is 0. The maximum Gasteiger partial charge on any atom is 0.222 e. The fourth-order valence-corrected chi connectivity index (χ4v) is 1.54. The Morgan fingerprint density at radius 3 is 2.43 bits per heavy atom. The SMILES string of the molecule is O=C(CCCCO)N(CCO)C1CC1. The molecule has 1 saturated carbocycles. The lowest BCUT2D eigenvalue weighted by Gasteiger charge is -2.21. The van der Waals surface area contributed by atoms with Gasteiger partial charge >= 0.3 is 0 Å². The predicted molar refractivity (Wildman–Crippen MR) is 52.8 cm³/mol. The monoisotopic (exact) mass is 201 g/mol. The van der Waals surface area contributed by atoms with Crippen LogP contribution in [0.25, 0.3) is 0 Å². The van der Waals surface area contributed by atoms with E-state index in [-0.39, 0.29) is 19.1 Å². The Labute approximate surface area is 84.5 Å². The van der Waals surface area contributed by atoms with Gasteiger partial charge in [-0.25, -0.2) is 0 Å². The second kappa shape index (κ2) is 5.98. The van der Waals surface area contributed by atoms with Crippen molar-refractivity contribution in [2.45, 2.75) is 38.1 Å². The summed E-state index contributed by atoms with van der Waals surface area (Å²) in [5, 5.41) is 17.4. The minimum atomic E-state index is 0.0439. The first-order chi connectivity index (χ1) is 6.79. The summed E-state index contributed by atoms with van der Waals surface area (Å²) >= 11 is 0. The van der Waals surface area contributed by atoms with E-state index in [0.29, 0.717) is 25.4 Å². The van der Waals surface area contributed by atoms with Crippen LogP contribution < -0.4 is 0 Å². The molecule has 0 atom stereocenters. The largest absolute Gasteiger partial charge is 0.396 e. The second-order valence-electron chi connectivity index (χ2n) is 3.72. The number of carbonyl (C=O) groups excluding carboxylic acids is 1. The standard InChI is InChI=1S/C10H19NO3/c12-7-2-1-3-10(14)11(6-8-13)9-4-5-9/h9,12-13H,1-8H2. The van der Waals surface area contributed by atoms with Crippen molar-refractivity contribution in [2.75, 3.05) is 19.8 Å². The van der Waals surface area contributed by atoms with Crippen molar-refractivity contribution in [2.24, 2.45) is 0 Å². The van der Waals surface area contributed by atoms with Gasteiger partial charge in [-0.3, -0.25) is 4.79 Å². The minimum Gasteiger partial charge on any atom is -0.396 e. The van der Waals surface area contributed by atoms with Crippen LogP contribution >= 0.6 is 0 Å². The second-order valence-corrected chi connectivity index (χ2v) is 3.72. The molecule has 14 heavy (non-hydrogen) atoms. The number of carbonyl (C=O) groups is 1. The molecule has 0 saturated heterocycles. The van der Waals surface area contributed by atoms with Crippen molar-refractivity contribution in [3.63, 3.8) is 0 Å². The molecule has 4 nitrogen and oxygen atoms in total. The van der Waals surface area contributed by atoms with E-state index in [1.165, 1.54) is 0 Å². The Bertz CT molecular complexity index is 180. The Hall–Kier alpha value is -0.610. The maximum absolute atomic E-state index is 11.6. The van der Waals surface area contributed by atoms with E-state index >= 15 is 0 Å². The number of hydrogen-bond donors (Lipinski definition) is 2. The summed E-state index contributed by atoms with van der Waals surface area (Å²) in [5.41, 5.74) is 0. The first-order valence-corrected chi connectivity index (χ1v) is 5.30. The van der Waals surface area contributed by atoms with E-state index in [4.69, 9.17) is 10.2 Å². The topological polar surface area (TPSA) is 60.8 Å². The van der Waals surface area contributed by atoms with E-state index in [9.17, 15) is 4.79 Å². The maximum atomic E-state index is 11.6. The van der Waals surface area contributed by atoms with Gasteiger partial charge in [-0.15, -0.1) is 0 Å².